The summed E-state index contributed by atoms with van der Waals surface area (Å²) in [6.07, 6.45) is 13.4. The lowest BCUT2D eigenvalue weighted by Gasteiger charge is -2.57. The molecule has 166 valence electrons. The molecule has 0 saturated heterocycles. The minimum atomic E-state index is -1.54. The summed E-state index contributed by atoms with van der Waals surface area (Å²) in [6, 6.07) is 0. The van der Waals surface area contributed by atoms with Gasteiger partial charge in [0.25, 0.3) is 0 Å². The number of rotatable bonds is 4. The fourth-order valence-electron chi connectivity index (χ4n) is 7.99. The predicted octanol–water partition coefficient (Wildman–Crippen LogP) is 7.59. The Morgan fingerprint density at radius 3 is 2.17 bits per heavy atom. The summed E-state index contributed by atoms with van der Waals surface area (Å²) in [7, 11) is -3.01. The topological polar surface area (TPSA) is 18.5 Å². The van der Waals surface area contributed by atoms with Crippen molar-refractivity contribution in [3.05, 3.63) is 11.8 Å². The largest absolute Gasteiger partial charge is 0.548 e. The summed E-state index contributed by atoms with van der Waals surface area (Å²) in [5.41, 5.74) is 0.493. The van der Waals surface area contributed by atoms with Gasteiger partial charge >= 0.3 is 0 Å². The molecule has 3 saturated carbocycles. The zero-order valence-electron chi connectivity index (χ0n) is 20.4. The third-order valence-corrected chi connectivity index (χ3v) is 11.0. The second-order valence-corrected chi connectivity index (χ2v) is 22.0. The van der Waals surface area contributed by atoms with Crippen molar-refractivity contribution in [2.24, 2.45) is 35.0 Å². The van der Waals surface area contributed by atoms with Gasteiger partial charge < -0.3 is 8.85 Å². The van der Waals surface area contributed by atoms with Gasteiger partial charge in [0.2, 0.25) is 8.32 Å². The van der Waals surface area contributed by atoms with Gasteiger partial charge in [0.05, 0.1) is 11.4 Å². The Kier molecular flexibility index (Phi) is 5.52. The molecule has 7 atom stereocenters. The third-order valence-electron chi connectivity index (χ3n) is 9.05. The van der Waals surface area contributed by atoms with Crippen molar-refractivity contribution in [2.75, 3.05) is 0 Å². The van der Waals surface area contributed by atoms with Crippen LogP contribution in [-0.2, 0) is 8.85 Å². The van der Waals surface area contributed by atoms with E-state index in [9.17, 15) is 0 Å². The second kappa shape index (κ2) is 7.23. The Balaban J connectivity index is 1.51. The van der Waals surface area contributed by atoms with E-state index in [0.29, 0.717) is 5.41 Å². The van der Waals surface area contributed by atoms with Crippen LogP contribution in [0.1, 0.15) is 65.2 Å². The van der Waals surface area contributed by atoms with Crippen LogP contribution < -0.4 is 0 Å². The van der Waals surface area contributed by atoms with Crippen molar-refractivity contribution in [2.45, 2.75) is 110 Å². The maximum Gasteiger partial charge on any atom is 0.241 e. The van der Waals surface area contributed by atoms with E-state index in [2.05, 4.69) is 59.2 Å². The van der Waals surface area contributed by atoms with Gasteiger partial charge in [-0.05, 0) is 132 Å². The molecule has 0 heterocycles. The van der Waals surface area contributed by atoms with E-state index in [4.69, 9.17) is 8.85 Å². The zero-order valence-corrected chi connectivity index (χ0v) is 22.4. The molecule has 29 heavy (non-hydrogen) atoms. The highest BCUT2D eigenvalue weighted by atomic mass is 28.4. The number of fused-ring (bicyclic) bond motifs is 5. The first kappa shape index (κ1) is 22.1. The zero-order chi connectivity index (χ0) is 21.2. The van der Waals surface area contributed by atoms with Crippen LogP contribution in [0.4, 0.5) is 0 Å². The molecule has 0 aromatic carbocycles. The smallest absolute Gasteiger partial charge is 0.241 e. The average molecular weight is 435 g/mol. The number of hydrogen-bond donors (Lipinski definition) is 0. The van der Waals surface area contributed by atoms with Gasteiger partial charge in [0, 0.05) is 6.42 Å². The van der Waals surface area contributed by atoms with E-state index >= 15 is 0 Å². The first-order chi connectivity index (χ1) is 13.3. The van der Waals surface area contributed by atoms with Crippen molar-refractivity contribution in [1.82, 2.24) is 0 Å². The summed E-state index contributed by atoms with van der Waals surface area (Å²) in [5, 5.41) is 0. The van der Waals surface area contributed by atoms with Crippen LogP contribution in [0.15, 0.2) is 11.8 Å². The summed E-state index contributed by atoms with van der Waals surface area (Å²) in [5.74, 6) is 5.80. The van der Waals surface area contributed by atoms with Crippen LogP contribution in [-0.4, -0.2) is 22.2 Å². The molecule has 3 fully saturated rings. The second-order valence-electron chi connectivity index (χ2n) is 13.2. The van der Waals surface area contributed by atoms with Gasteiger partial charge in [-0.1, -0.05) is 6.92 Å². The van der Waals surface area contributed by atoms with E-state index < -0.39 is 16.6 Å². The summed E-state index contributed by atoms with van der Waals surface area (Å²) in [6.45, 7) is 19.2. The quantitative estimate of drug-likeness (QED) is 0.424. The highest BCUT2D eigenvalue weighted by Crippen LogP contribution is 2.66. The Morgan fingerprint density at radius 1 is 0.793 bits per heavy atom. The molecule has 4 heteroatoms. The molecule has 4 rings (SSSR count). The maximum atomic E-state index is 6.92. The Labute approximate surface area is 182 Å². The normalized spacial score (nSPS) is 45.1. The molecule has 0 aromatic heterocycles. The van der Waals surface area contributed by atoms with Gasteiger partial charge in [0.1, 0.15) is 0 Å². The van der Waals surface area contributed by atoms with Gasteiger partial charge in [-0.25, -0.2) is 0 Å². The molecule has 2 nitrogen and oxygen atoms in total. The van der Waals surface area contributed by atoms with Crippen LogP contribution in [0.25, 0.3) is 0 Å². The minimum Gasteiger partial charge on any atom is -0.548 e. The van der Waals surface area contributed by atoms with Gasteiger partial charge in [-0.15, -0.1) is 0 Å². The molecule has 0 N–H and O–H groups in total. The fraction of sp³-hybridized carbons (Fsp3) is 0.920. The first-order valence-electron chi connectivity index (χ1n) is 12.4. The lowest BCUT2D eigenvalue weighted by molar-refractivity contribution is -0.108. The Bertz CT molecular complexity index is 661. The van der Waals surface area contributed by atoms with Gasteiger partial charge in [0.15, 0.2) is 8.32 Å². The van der Waals surface area contributed by atoms with E-state index in [1.54, 1.807) is 0 Å². The highest BCUT2D eigenvalue weighted by Gasteiger charge is 2.62. The van der Waals surface area contributed by atoms with Crippen molar-refractivity contribution in [3.63, 3.8) is 0 Å². The Hall–Kier alpha value is -0.0662. The molecule has 0 aliphatic heterocycles. The van der Waals surface area contributed by atoms with Crippen molar-refractivity contribution in [3.8, 4) is 0 Å². The lowest BCUT2D eigenvalue weighted by Crippen LogP contribution is -2.55. The lowest BCUT2D eigenvalue weighted by atomic mass is 9.50. The molecule has 4 aliphatic rings. The maximum absolute atomic E-state index is 6.92. The van der Waals surface area contributed by atoms with Crippen LogP contribution in [0.3, 0.4) is 0 Å². The monoisotopic (exact) mass is 434 g/mol. The summed E-state index contributed by atoms with van der Waals surface area (Å²) < 4.78 is 13.3. The van der Waals surface area contributed by atoms with E-state index in [-0.39, 0.29) is 5.60 Å². The molecule has 0 spiro atoms. The van der Waals surface area contributed by atoms with Crippen molar-refractivity contribution in [1.29, 1.82) is 0 Å². The standard InChI is InChI=1S/C25H46O2Si2/c1-24-15-13-21-20-12-10-19(26-28(3,4)5)17-18(20)9-11-22(21)23(24)14-16-25(24,2)27-29(6,7)8/h17-18,20-23H,9-16H2,1-8H3/t18-,20?,21?,22?,23?,24-,25-/m0/s1. The fourth-order valence-corrected chi connectivity index (χ4v) is 10.6. The summed E-state index contributed by atoms with van der Waals surface area (Å²) >= 11 is 0. The van der Waals surface area contributed by atoms with E-state index in [1.165, 1.54) is 57.1 Å². The minimum absolute atomic E-state index is 0.106. The number of hydrogen-bond acceptors (Lipinski definition) is 2. The molecule has 0 aromatic rings. The molecule has 0 bridgehead atoms. The molecule has 0 radical (unpaired) electrons. The van der Waals surface area contributed by atoms with Gasteiger partial charge in [-0.3, -0.25) is 0 Å². The molecular weight excluding hydrogens is 388 g/mol. The van der Waals surface area contributed by atoms with Crippen LogP contribution >= 0.6 is 0 Å². The van der Waals surface area contributed by atoms with Crippen molar-refractivity contribution < 1.29 is 8.85 Å². The highest BCUT2D eigenvalue weighted by molar-refractivity contribution is 6.70. The number of allylic oxidation sites excluding steroid dienone is 2. The predicted molar refractivity (Wildman–Crippen MR) is 128 cm³/mol. The third kappa shape index (κ3) is 4.07. The Morgan fingerprint density at radius 2 is 1.52 bits per heavy atom. The van der Waals surface area contributed by atoms with Gasteiger partial charge in [-0.2, -0.15) is 0 Å². The molecule has 4 unspecified atom stereocenters. The van der Waals surface area contributed by atoms with Crippen LogP contribution in [0.2, 0.25) is 39.3 Å². The van der Waals surface area contributed by atoms with Crippen LogP contribution in [0, 0.1) is 35.0 Å². The first-order valence-corrected chi connectivity index (χ1v) is 19.2. The van der Waals surface area contributed by atoms with Crippen molar-refractivity contribution >= 4 is 16.6 Å². The van der Waals surface area contributed by atoms with E-state index in [1.807, 2.05) is 0 Å². The molecule has 0 amide bonds. The molecule has 4 aliphatic carbocycles. The SMILES string of the molecule is C[C@]12CCC3C(CC[C@H]4C=C(O[Si](C)(C)C)CCC34)C1CC[C@]2(C)O[Si](C)(C)C. The summed E-state index contributed by atoms with van der Waals surface area (Å²) in [4.78, 5) is 0. The van der Waals surface area contributed by atoms with E-state index in [0.717, 1.165) is 29.6 Å². The molecular formula is C25H46O2Si2. The average Bonchev–Trinajstić information content (AvgIpc) is 2.82. The van der Waals surface area contributed by atoms with Crippen LogP contribution in [0.5, 0.6) is 0 Å².